The molecule has 0 heterocycles. The summed E-state index contributed by atoms with van der Waals surface area (Å²) in [7, 11) is 1.47. The van der Waals surface area contributed by atoms with Gasteiger partial charge in [-0.1, -0.05) is 17.7 Å². The summed E-state index contributed by atoms with van der Waals surface area (Å²) in [5.41, 5.74) is -1.15. The SMILES string of the molecule is COc1cc(CC(C)(O)C(=O)O)ccc1Cl. The molecule has 1 aromatic carbocycles. The molecule has 0 bridgehead atoms. The highest BCUT2D eigenvalue weighted by Crippen LogP contribution is 2.26. The van der Waals surface area contributed by atoms with Crippen molar-refractivity contribution in [1.82, 2.24) is 0 Å². The van der Waals surface area contributed by atoms with Crippen molar-refractivity contribution in [3.05, 3.63) is 28.8 Å². The van der Waals surface area contributed by atoms with E-state index in [0.29, 0.717) is 16.3 Å². The minimum atomic E-state index is -1.79. The number of rotatable bonds is 4. The average molecular weight is 245 g/mol. The van der Waals surface area contributed by atoms with E-state index in [2.05, 4.69) is 0 Å². The van der Waals surface area contributed by atoms with Crippen molar-refractivity contribution >= 4 is 17.6 Å². The van der Waals surface area contributed by atoms with Crippen molar-refractivity contribution in [2.75, 3.05) is 7.11 Å². The molecule has 1 aromatic rings. The molecule has 0 aromatic heterocycles. The van der Waals surface area contributed by atoms with Gasteiger partial charge < -0.3 is 14.9 Å². The van der Waals surface area contributed by atoms with E-state index < -0.39 is 11.6 Å². The Morgan fingerprint density at radius 3 is 2.69 bits per heavy atom. The standard InChI is InChI=1S/C11H13ClO4/c1-11(15,10(13)14)6-7-3-4-8(12)9(5-7)16-2/h3-5,15H,6H2,1-2H3,(H,13,14). The quantitative estimate of drug-likeness (QED) is 0.847. The number of aliphatic carboxylic acids is 1. The molecule has 0 aliphatic rings. The van der Waals surface area contributed by atoms with Gasteiger partial charge in [-0.2, -0.15) is 0 Å². The number of carbonyl (C=O) groups is 1. The second-order valence-corrected chi connectivity index (χ2v) is 4.13. The monoisotopic (exact) mass is 244 g/mol. The highest BCUT2D eigenvalue weighted by molar-refractivity contribution is 6.32. The second-order valence-electron chi connectivity index (χ2n) is 3.72. The van der Waals surface area contributed by atoms with Crippen LogP contribution in [-0.4, -0.2) is 28.9 Å². The molecule has 1 rings (SSSR count). The van der Waals surface area contributed by atoms with Gasteiger partial charge in [0, 0.05) is 6.42 Å². The summed E-state index contributed by atoms with van der Waals surface area (Å²) < 4.78 is 5.00. The predicted octanol–water partition coefficient (Wildman–Crippen LogP) is 1.73. The van der Waals surface area contributed by atoms with Crippen LogP contribution in [0.4, 0.5) is 0 Å². The number of halogens is 1. The van der Waals surface area contributed by atoms with Crippen LogP contribution in [0.3, 0.4) is 0 Å². The summed E-state index contributed by atoms with van der Waals surface area (Å²) in [4.78, 5) is 10.7. The van der Waals surface area contributed by atoms with E-state index >= 15 is 0 Å². The Kier molecular flexibility index (Phi) is 3.78. The number of hydrogen-bond donors (Lipinski definition) is 2. The van der Waals surface area contributed by atoms with Crippen LogP contribution in [0.25, 0.3) is 0 Å². The fraction of sp³-hybridized carbons (Fsp3) is 0.364. The molecule has 0 saturated heterocycles. The third kappa shape index (κ3) is 2.87. The first-order valence-corrected chi connectivity index (χ1v) is 5.03. The van der Waals surface area contributed by atoms with Gasteiger partial charge in [-0.3, -0.25) is 0 Å². The van der Waals surface area contributed by atoms with Crippen LogP contribution in [0.15, 0.2) is 18.2 Å². The van der Waals surface area contributed by atoms with E-state index in [-0.39, 0.29) is 6.42 Å². The van der Waals surface area contributed by atoms with E-state index in [1.54, 1.807) is 18.2 Å². The zero-order valence-electron chi connectivity index (χ0n) is 9.03. The summed E-state index contributed by atoms with van der Waals surface area (Å²) in [5, 5.41) is 18.8. The Bertz CT molecular complexity index is 401. The van der Waals surface area contributed by atoms with Crippen molar-refractivity contribution in [3.8, 4) is 5.75 Å². The molecule has 0 saturated carbocycles. The number of carboxylic acid groups (broad SMARTS) is 1. The third-order valence-electron chi connectivity index (χ3n) is 2.22. The van der Waals surface area contributed by atoms with Crippen molar-refractivity contribution in [2.24, 2.45) is 0 Å². The van der Waals surface area contributed by atoms with Gasteiger partial charge in [0.1, 0.15) is 5.75 Å². The number of ether oxygens (including phenoxy) is 1. The Morgan fingerprint density at radius 1 is 1.56 bits per heavy atom. The molecule has 0 fully saturated rings. The summed E-state index contributed by atoms with van der Waals surface area (Å²) in [6.45, 7) is 1.25. The summed E-state index contributed by atoms with van der Waals surface area (Å²) >= 11 is 5.83. The highest BCUT2D eigenvalue weighted by Gasteiger charge is 2.30. The maximum atomic E-state index is 10.7. The Hall–Kier alpha value is -1.26. The molecule has 0 amide bonds. The molecule has 5 heteroatoms. The smallest absolute Gasteiger partial charge is 0.335 e. The van der Waals surface area contributed by atoms with Gasteiger partial charge in [-0.25, -0.2) is 4.79 Å². The van der Waals surface area contributed by atoms with Gasteiger partial charge in [0.2, 0.25) is 0 Å². The van der Waals surface area contributed by atoms with Gasteiger partial charge in [0.05, 0.1) is 12.1 Å². The number of methoxy groups -OCH3 is 1. The Morgan fingerprint density at radius 2 is 2.19 bits per heavy atom. The van der Waals surface area contributed by atoms with Crippen LogP contribution in [0.2, 0.25) is 5.02 Å². The molecule has 1 atom stereocenters. The number of hydrogen-bond acceptors (Lipinski definition) is 3. The summed E-state index contributed by atoms with van der Waals surface area (Å²) in [6, 6.07) is 4.87. The van der Waals surface area contributed by atoms with E-state index in [9.17, 15) is 9.90 Å². The highest BCUT2D eigenvalue weighted by atomic mass is 35.5. The lowest BCUT2D eigenvalue weighted by atomic mass is 9.97. The zero-order chi connectivity index (χ0) is 12.3. The normalized spacial score (nSPS) is 14.2. The molecule has 0 spiro atoms. The molecule has 1 unspecified atom stereocenters. The first-order chi connectivity index (χ1) is 7.36. The molecule has 0 aliphatic carbocycles. The molecule has 4 nitrogen and oxygen atoms in total. The number of aliphatic hydroxyl groups is 1. The minimum Gasteiger partial charge on any atom is -0.495 e. The van der Waals surface area contributed by atoms with Gasteiger partial charge in [0.15, 0.2) is 5.60 Å². The van der Waals surface area contributed by atoms with Crippen LogP contribution in [0, 0.1) is 0 Å². The Balaban J connectivity index is 2.94. The Labute approximate surface area is 98.4 Å². The van der Waals surface area contributed by atoms with Gasteiger partial charge in [-0.05, 0) is 24.6 Å². The first-order valence-electron chi connectivity index (χ1n) is 4.65. The topological polar surface area (TPSA) is 66.8 Å². The average Bonchev–Trinajstić information content (AvgIpc) is 2.20. The lowest BCUT2D eigenvalue weighted by Crippen LogP contribution is -2.37. The second kappa shape index (κ2) is 4.72. The number of benzene rings is 1. The largest absolute Gasteiger partial charge is 0.495 e. The van der Waals surface area contributed by atoms with Crippen molar-refractivity contribution in [3.63, 3.8) is 0 Å². The fourth-order valence-electron chi connectivity index (χ4n) is 1.29. The lowest BCUT2D eigenvalue weighted by molar-refractivity contribution is -0.156. The van der Waals surface area contributed by atoms with Crippen LogP contribution in [0.1, 0.15) is 12.5 Å². The van der Waals surface area contributed by atoms with Crippen LogP contribution >= 0.6 is 11.6 Å². The van der Waals surface area contributed by atoms with Gasteiger partial charge >= 0.3 is 5.97 Å². The molecule has 0 radical (unpaired) electrons. The van der Waals surface area contributed by atoms with Gasteiger partial charge in [0.25, 0.3) is 0 Å². The molecule has 0 aliphatic heterocycles. The molecule has 88 valence electrons. The van der Waals surface area contributed by atoms with Crippen molar-refractivity contribution < 1.29 is 19.7 Å². The van der Waals surface area contributed by atoms with Crippen molar-refractivity contribution in [2.45, 2.75) is 18.9 Å². The molecular weight excluding hydrogens is 232 g/mol. The van der Waals surface area contributed by atoms with Crippen LogP contribution < -0.4 is 4.74 Å². The zero-order valence-corrected chi connectivity index (χ0v) is 9.78. The van der Waals surface area contributed by atoms with E-state index in [0.717, 1.165) is 0 Å². The summed E-state index contributed by atoms with van der Waals surface area (Å²) in [6.07, 6.45) is -0.00410. The van der Waals surface area contributed by atoms with E-state index in [4.69, 9.17) is 21.4 Å². The molecular formula is C11H13ClO4. The maximum Gasteiger partial charge on any atom is 0.335 e. The van der Waals surface area contributed by atoms with E-state index in [1.807, 2.05) is 0 Å². The van der Waals surface area contributed by atoms with Crippen LogP contribution in [-0.2, 0) is 11.2 Å². The maximum absolute atomic E-state index is 10.7. The lowest BCUT2D eigenvalue weighted by Gasteiger charge is -2.18. The fourth-order valence-corrected chi connectivity index (χ4v) is 1.48. The molecule has 2 N–H and O–H groups in total. The van der Waals surface area contributed by atoms with E-state index in [1.165, 1.54) is 14.0 Å². The van der Waals surface area contributed by atoms with Crippen LogP contribution in [0.5, 0.6) is 5.75 Å². The predicted molar refractivity (Wildman–Crippen MR) is 60.0 cm³/mol. The summed E-state index contributed by atoms with van der Waals surface area (Å²) in [5.74, 6) is -0.804. The van der Waals surface area contributed by atoms with Gasteiger partial charge in [-0.15, -0.1) is 0 Å². The third-order valence-corrected chi connectivity index (χ3v) is 2.54. The minimum absolute atomic E-state index is 0.00410. The number of carboxylic acids is 1. The molecule has 16 heavy (non-hydrogen) atoms. The first kappa shape index (κ1) is 12.8. The van der Waals surface area contributed by atoms with Crippen molar-refractivity contribution in [1.29, 1.82) is 0 Å².